The van der Waals surface area contributed by atoms with E-state index in [1.165, 1.54) is 37.1 Å². The zero-order chi connectivity index (χ0) is 15.5. The molecule has 2 rings (SSSR count). The molecule has 0 unspecified atom stereocenters. The van der Waals surface area contributed by atoms with E-state index in [4.69, 9.17) is 0 Å². The molecule has 0 aromatic heterocycles. The molecule has 1 aliphatic rings. The third-order valence-electron chi connectivity index (χ3n) is 4.68. The lowest BCUT2D eigenvalue weighted by molar-refractivity contribution is 0.0960. The van der Waals surface area contributed by atoms with E-state index in [2.05, 4.69) is 69.1 Å². The summed E-state index contributed by atoms with van der Waals surface area (Å²) in [7, 11) is 0. The Kier molecular flexibility index (Phi) is 5.45. The molecule has 21 heavy (non-hydrogen) atoms. The maximum absolute atomic E-state index is 3.73. The van der Waals surface area contributed by atoms with Gasteiger partial charge in [0.05, 0.1) is 0 Å². The number of piperidine rings is 1. The maximum atomic E-state index is 3.73. The van der Waals surface area contributed by atoms with Crippen LogP contribution in [0.15, 0.2) is 24.3 Å². The summed E-state index contributed by atoms with van der Waals surface area (Å²) in [5.41, 5.74) is 3.15. The molecule has 1 heterocycles. The van der Waals surface area contributed by atoms with E-state index in [1.54, 1.807) is 0 Å². The van der Waals surface area contributed by atoms with Crippen LogP contribution in [0.2, 0.25) is 0 Å². The van der Waals surface area contributed by atoms with Crippen molar-refractivity contribution in [3.63, 3.8) is 0 Å². The molecule has 2 heteroatoms. The van der Waals surface area contributed by atoms with Crippen LogP contribution in [0.3, 0.4) is 0 Å². The largest absolute Gasteiger partial charge is 0.310 e. The molecule has 118 valence electrons. The average molecular weight is 288 g/mol. The summed E-state index contributed by atoms with van der Waals surface area (Å²) < 4.78 is 0. The van der Waals surface area contributed by atoms with Crippen LogP contribution < -0.4 is 5.32 Å². The van der Waals surface area contributed by atoms with Gasteiger partial charge in [-0.25, -0.2) is 0 Å². The molecule has 1 saturated heterocycles. The van der Waals surface area contributed by atoms with Gasteiger partial charge in [-0.15, -0.1) is 0 Å². The third-order valence-corrected chi connectivity index (χ3v) is 4.68. The fraction of sp³-hybridized carbons (Fsp3) is 0.684. The van der Waals surface area contributed by atoms with Crippen LogP contribution in [0.5, 0.6) is 0 Å². The molecular weight excluding hydrogens is 256 g/mol. The van der Waals surface area contributed by atoms with Crippen LogP contribution in [0.1, 0.15) is 64.5 Å². The molecule has 0 radical (unpaired) electrons. The van der Waals surface area contributed by atoms with Gasteiger partial charge >= 0.3 is 0 Å². The molecule has 0 amide bonds. The Balaban J connectivity index is 1.77. The molecule has 0 spiro atoms. The second kappa shape index (κ2) is 6.93. The molecule has 1 aromatic rings. The lowest BCUT2D eigenvalue weighted by Crippen LogP contribution is -2.49. The van der Waals surface area contributed by atoms with E-state index in [9.17, 15) is 0 Å². The third kappa shape index (κ3) is 4.82. The minimum atomic E-state index is 0.317. The van der Waals surface area contributed by atoms with Gasteiger partial charge in [0.2, 0.25) is 0 Å². The number of rotatable bonds is 4. The minimum Gasteiger partial charge on any atom is -0.310 e. The lowest BCUT2D eigenvalue weighted by atomic mass is 9.97. The van der Waals surface area contributed by atoms with Crippen molar-refractivity contribution in [2.75, 3.05) is 13.1 Å². The van der Waals surface area contributed by atoms with Crippen molar-refractivity contribution in [1.29, 1.82) is 0 Å². The predicted octanol–water partition coefficient (Wildman–Crippen LogP) is 4.16. The Labute approximate surface area is 130 Å². The van der Waals surface area contributed by atoms with E-state index in [1.807, 2.05) is 0 Å². The van der Waals surface area contributed by atoms with Crippen LogP contribution in [0, 0.1) is 0 Å². The Morgan fingerprint density at radius 1 is 1.10 bits per heavy atom. The van der Waals surface area contributed by atoms with E-state index in [-0.39, 0.29) is 0 Å². The Morgan fingerprint density at radius 3 is 2.14 bits per heavy atom. The first-order valence-corrected chi connectivity index (χ1v) is 8.43. The highest BCUT2D eigenvalue weighted by atomic mass is 15.2. The molecule has 1 fully saturated rings. The van der Waals surface area contributed by atoms with Gasteiger partial charge in [0, 0.05) is 31.2 Å². The summed E-state index contributed by atoms with van der Waals surface area (Å²) in [6, 6.07) is 9.75. The Hall–Kier alpha value is -0.860. The highest BCUT2D eigenvalue weighted by molar-refractivity contribution is 5.24. The van der Waals surface area contributed by atoms with Gasteiger partial charge in [0.1, 0.15) is 0 Å². The van der Waals surface area contributed by atoms with Crippen molar-refractivity contribution < 1.29 is 0 Å². The molecule has 0 bridgehead atoms. The number of hydrogen-bond donors (Lipinski definition) is 1. The number of nitrogens with one attached hydrogen (secondary N) is 1. The van der Waals surface area contributed by atoms with Crippen LogP contribution in [-0.4, -0.2) is 29.6 Å². The molecule has 0 atom stereocenters. The topological polar surface area (TPSA) is 15.3 Å². The molecule has 1 N–H and O–H groups in total. The van der Waals surface area contributed by atoms with Gasteiger partial charge in [-0.1, -0.05) is 38.1 Å². The predicted molar refractivity (Wildman–Crippen MR) is 91.7 cm³/mol. The zero-order valence-electron chi connectivity index (χ0n) is 14.4. The first kappa shape index (κ1) is 16.5. The highest BCUT2D eigenvalue weighted by Crippen LogP contribution is 2.20. The van der Waals surface area contributed by atoms with E-state index < -0.39 is 0 Å². The second-order valence-corrected chi connectivity index (χ2v) is 7.71. The Bertz CT molecular complexity index is 420. The van der Waals surface area contributed by atoms with Crippen molar-refractivity contribution >= 4 is 0 Å². The minimum absolute atomic E-state index is 0.317. The van der Waals surface area contributed by atoms with Crippen molar-refractivity contribution in [3.8, 4) is 0 Å². The fourth-order valence-corrected chi connectivity index (χ4v) is 3.04. The van der Waals surface area contributed by atoms with Gasteiger partial charge in [-0.3, -0.25) is 4.90 Å². The monoisotopic (exact) mass is 288 g/mol. The molecule has 1 aromatic carbocycles. The van der Waals surface area contributed by atoms with Crippen molar-refractivity contribution in [2.45, 2.75) is 71.5 Å². The van der Waals surface area contributed by atoms with Gasteiger partial charge in [0.15, 0.2) is 0 Å². The zero-order valence-corrected chi connectivity index (χ0v) is 14.4. The number of likely N-dealkylation sites (tertiary alicyclic amines) is 1. The normalized spacial score (nSPS) is 18.4. The summed E-state index contributed by atoms with van der Waals surface area (Å²) in [5, 5.41) is 3.73. The molecule has 2 nitrogen and oxygen atoms in total. The first-order chi connectivity index (χ1) is 9.86. The van der Waals surface area contributed by atoms with Crippen molar-refractivity contribution in [2.24, 2.45) is 0 Å². The van der Waals surface area contributed by atoms with E-state index in [0.717, 1.165) is 6.54 Å². The van der Waals surface area contributed by atoms with Crippen LogP contribution >= 0.6 is 0 Å². The fourth-order valence-electron chi connectivity index (χ4n) is 3.04. The standard InChI is InChI=1S/C19H32N2/c1-15(2)17-8-6-16(7-9-17)14-20-18-10-12-21(13-11-18)19(3,4)5/h6-9,15,18,20H,10-14H2,1-5H3. The summed E-state index contributed by atoms with van der Waals surface area (Å²) in [6.45, 7) is 14.9. The number of hydrogen-bond acceptors (Lipinski definition) is 2. The second-order valence-electron chi connectivity index (χ2n) is 7.71. The smallest absolute Gasteiger partial charge is 0.0208 e. The van der Waals surface area contributed by atoms with E-state index >= 15 is 0 Å². The van der Waals surface area contributed by atoms with Crippen molar-refractivity contribution in [3.05, 3.63) is 35.4 Å². The molecular formula is C19H32N2. The molecule has 1 aliphatic heterocycles. The summed E-state index contributed by atoms with van der Waals surface area (Å²) in [5.74, 6) is 0.619. The lowest BCUT2D eigenvalue weighted by Gasteiger charge is -2.41. The van der Waals surface area contributed by atoms with Crippen LogP contribution in [0.25, 0.3) is 0 Å². The van der Waals surface area contributed by atoms with Gasteiger partial charge in [-0.05, 0) is 50.7 Å². The van der Waals surface area contributed by atoms with Crippen LogP contribution in [0.4, 0.5) is 0 Å². The summed E-state index contributed by atoms with van der Waals surface area (Å²) in [6.07, 6.45) is 2.53. The molecule has 0 aliphatic carbocycles. The molecule has 0 saturated carbocycles. The van der Waals surface area contributed by atoms with Gasteiger partial charge in [0.25, 0.3) is 0 Å². The number of nitrogens with zero attached hydrogens (tertiary/aromatic N) is 1. The van der Waals surface area contributed by atoms with Crippen LogP contribution in [-0.2, 0) is 6.54 Å². The van der Waals surface area contributed by atoms with Crippen molar-refractivity contribution in [1.82, 2.24) is 10.2 Å². The summed E-state index contributed by atoms with van der Waals surface area (Å²) >= 11 is 0. The summed E-state index contributed by atoms with van der Waals surface area (Å²) in [4.78, 5) is 2.60. The van der Waals surface area contributed by atoms with Gasteiger partial charge < -0.3 is 5.32 Å². The van der Waals surface area contributed by atoms with Gasteiger partial charge in [-0.2, -0.15) is 0 Å². The highest BCUT2D eigenvalue weighted by Gasteiger charge is 2.26. The Morgan fingerprint density at radius 2 is 1.67 bits per heavy atom. The maximum Gasteiger partial charge on any atom is 0.0208 e. The quantitative estimate of drug-likeness (QED) is 0.895. The SMILES string of the molecule is CC(C)c1ccc(CNC2CCN(C(C)(C)C)CC2)cc1. The number of benzene rings is 1. The average Bonchev–Trinajstić information content (AvgIpc) is 2.45. The first-order valence-electron chi connectivity index (χ1n) is 8.43. The van der Waals surface area contributed by atoms with E-state index in [0.29, 0.717) is 17.5 Å².